The molecule has 49 heavy (non-hydrogen) atoms. The number of carbonyl (C=O) groups excluding carboxylic acids is 2. The van der Waals surface area contributed by atoms with Gasteiger partial charge in [0.2, 0.25) is 5.78 Å². The van der Waals surface area contributed by atoms with Crippen molar-refractivity contribution in [1.29, 1.82) is 0 Å². The number of hydrogen-bond donors (Lipinski definition) is 1. The number of benzene rings is 3. The number of aliphatic hydroxyl groups excluding tert-OH is 1. The van der Waals surface area contributed by atoms with Crippen LogP contribution in [-0.4, -0.2) is 62.0 Å². The molecule has 1 N–H and O–H groups in total. The first-order valence-corrected chi connectivity index (χ1v) is 15.2. The van der Waals surface area contributed by atoms with Crippen molar-refractivity contribution >= 4 is 23.1 Å². The summed E-state index contributed by atoms with van der Waals surface area (Å²) >= 11 is 0. The minimum absolute atomic E-state index is 0.141. The number of ketones is 1. The summed E-state index contributed by atoms with van der Waals surface area (Å²) in [4.78, 5) is 47.0. The Balaban J connectivity index is 1.20. The molecular weight excluding hydrogens is 642 g/mol. The van der Waals surface area contributed by atoms with Crippen molar-refractivity contribution in [1.82, 2.24) is 19.0 Å². The van der Waals surface area contributed by atoms with E-state index in [0.29, 0.717) is 30.8 Å². The third-order valence-electron chi connectivity index (χ3n) is 8.19. The van der Waals surface area contributed by atoms with E-state index in [0.717, 1.165) is 28.1 Å². The van der Waals surface area contributed by atoms with Crippen molar-refractivity contribution in [2.45, 2.75) is 13.0 Å². The van der Waals surface area contributed by atoms with E-state index in [1.165, 1.54) is 29.3 Å². The van der Waals surface area contributed by atoms with E-state index in [1.54, 1.807) is 18.6 Å². The van der Waals surface area contributed by atoms with Gasteiger partial charge in [-0.1, -0.05) is 12.1 Å². The molecule has 1 saturated heterocycles. The average molecular weight is 672 g/mol. The summed E-state index contributed by atoms with van der Waals surface area (Å²) < 4.78 is 59.2. The number of piperazine rings is 1. The largest absolute Gasteiger partial charge is 0.507 e. The number of imidazole rings is 1. The Morgan fingerprint density at radius 3 is 2.29 bits per heavy atom. The second kappa shape index (κ2) is 14.0. The monoisotopic (exact) mass is 671 g/mol. The maximum absolute atomic E-state index is 14.5. The number of rotatable bonds is 9. The summed E-state index contributed by atoms with van der Waals surface area (Å²) in [5.41, 5.74) is 0.807. The van der Waals surface area contributed by atoms with E-state index in [-0.39, 0.29) is 30.8 Å². The van der Waals surface area contributed by atoms with Gasteiger partial charge in [0.15, 0.2) is 11.6 Å². The van der Waals surface area contributed by atoms with E-state index in [9.17, 15) is 37.1 Å². The molecule has 6 rings (SSSR count). The molecule has 0 unspecified atom stereocenters. The fourth-order valence-electron chi connectivity index (χ4n) is 5.72. The third-order valence-corrected chi connectivity index (χ3v) is 8.19. The quantitative estimate of drug-likeness (QED) is 0.0775. The highest BCUT2D eigenvalue weighted by atomic mass is 19.2. The Hall–Kier alpha value is -5.98. The molecule has 1 aliphatic rings. The number of aromatic nitrogens is 3. The maximum Gasteiger partial charge on any atom is 0.294 e. The standard InChI is InChI=1S/C36H29F4N5O4/c37-26-3-1-2-23(15-26)20-45-21-24(14-25-17-27(38)18-31(39)34(25)40)16-30(35(45)48)32(46)19-33(47)36(49)43-12-10-42(11-13-43)28-4-6-29(7-5-28)44-9-8-41-22-44/h1-9,15-19,21-22,46H,10-14,20H2/b32-19+. The van der Waals surface area contributed by atoms with Gasteiger partial charge in [-0.05, 0) is 65.2 Å². The molecule has 3 aromatic carbocycles. The fourth-order valence-corrected chi connectivity index (χ4v) is 5.72. The van der Waals surface area contributed by atoms with Crippen molar-refractivity contribution < 1.29 is 32.3 Å². The number of pyridine rings is 1. The first kappa shape index (κ1) is 32.9. The maximum atomic E-state index is 14.5. The molecule has 0 radical (unpaired) electrons. The van der Waals surface area contributed by atoms with Crippen LogP contribution in [0.5, 0.6) is 0 Å². The number of anilines is 1. The van der Waals surface area contributed by atoms with Gasteiger partial charge < -0.3 is 24.0 Å². The zero-order valence-corrected chi connectivity index (χ0v) is 25.9. The van der Waals surface area contributed by atoms with Crippen LogP contribution in [0.4, 0.5) is 23.2 Å². The van der Waals surface area contributed by atoms with Gasteiger partial charge in [0.1, 0.15) is 17.4 Å². The van der Waals surface area contributed by atoms with E-state index in [4.69, 9.17) is 0 Å². The second-order valence-electron chi connectivity index (χ2n) is 11.5. The van der Waals surface area contributed by atoms with Gasteiger partial charge in [0, 0.05) is 74.7 Å². The summed E-state index contributed by atoms with van der Waals surface area (Å²) in [5.74, 6) is -7.06. The van der Waals surface area contributed by atoms with Gasteiger partial charge in [-0.15, -0.1) is 0 Å². The van der Waals surface area contributed by atoms with Crippen LogP contribution in [0.25, 0.3) is 11.4 Å². The number of amides is 1. The van der Waals surface area contributed by atoms with Gasteiger partial charge in [0.25, 0.3) is 11.5 Å². The van der Waals surface area contributed by atoms with Crippen LogP contribution in [0.3, 0.4) is 0 Å². The van der Waals surface area contributed by atoms with Crippen molar-refractivity contribution in [3.8, 4) is 5.69 Å². The predicted octanol–water partition coefficient (Wildman–Crippen LogP) is 5.05. The molecule has 2 aromatic heterocycles. The second-order valence-corrected chi connectivity index (χ2v) is 11.5. The summed E-state index contributed by atoms with van der Waals surface area (Å²) in [7, 11) is 0. The highest BCUT2D eigenvalue weighted by Crippen LogP contribution is 2.22. The molecule has 1 fully saturated rings. The topological polar surface area (TPSA) is 101 Å². The number of carbonyl (C=O) groups is 2. The number of aliphatic hydroxyl groups is 1. The number of hydrogen-bond acceptors (Lipinski definition) is 6. The molecule has 0 saturated carbocycles. The smallest absolute Gasteiger partial charge is 0.294 e. The van der Waals surface area contributed by atoms with E-state index >= 15 is 0 Å². The Kier molecular flexibility index (Phi) is 9.42. The van der Waals surface area contributed by atoms with Gasteiger partial charge in [-0.3, -0.25) is 14.4 Å². The van der Waals surface area contributed by atoms with Crippen LogP contribution in [0.15, 0.2) is 103 Å². The third kappa shape index (κ3) is 7.45. The van der Waals surface area contributed by atoms with Crippen LogP contribution in [0.2, 0.25) is 0 Å². The summed E-state index contributed by atoms with van der Waals surface area (Å²) in [6, 6.07) is 15.5. The first-order valence-electron chi connectivity index (χ1n) is 15.2. The molecule has 0 bridgehead atoms. The highest BCUT2D eigenvalue weighted by molar-refractivity contribution is 6.41. The molecular formula is C36H29F4N5O4. The number of halogens is 4. The van der Waals surface area contributed by atoms with Gasteiger partial charge in [-0.2, -0.15) is 0 Å². The van der Waals surface area contributed by atoms with E-state index in [1.807, 2.05) is 35.0 Å². The van der Waals surface area contributed by atoms with Gasteiger partial charge in [0.05, 0.1) is 18.4 Å². The van der Waals surface area contributed by atoms with Crippen molar-refractivity contribution in [3.63, 3.8) is 0 Å². The van der Waals surface area contributed by atoms with Crippen LogP contribution in [0, 0.1) is 23.3 Å². The Morgan fingerprint density at radius 1 is 0.857 bits per heavy atom. The molecule has 5 aromatic rings. The van der Waals surface area contributed by atoms with Crippen LogP contribution in [-0.2, 0) is 22.6 Å². The minimum Gasteiger partial charge on any atom is -0.507 e. The Bertz CT molecular complexity index is 2110. The van der Waals surface area contributed by atoms with Crippen molar-refractivity contribution in [2.75, 3.05) is 31.1 Å². The minimum atomic E-state index is -1.40. The average Bonchev–Trinajstić information content (AvgIpc) is 3.63. The van der Waals surface area contributed by atoms with Crippen LogP contribution in [0.1, 0.15) is 22.3 Å². The molecule has 3 heterocycles. The normalized spacial score (nSPS) is 13.5. The molecule has 9 nitrogen and oxygen atoms in total. The molecule has 13 heteroatoms. The van der Waals surface area contributed by atoms with Gasteiger partial charge in [-0.25, -0.2) is 22.5 Å². The lowest BCUT2D eigenvalue weighted by Crippen LogP contribution is -2.50. The first-order chi connectivity index (χ1) is 23.5. The zero-order valence-electron chi connectivity index (χ0n) is 25.9. The highest BCUT2D eigenvalue weighted by Gasteiger charge is 2.26. The van der Waals surface area contributed by atoms with E-state index in [2.05, 4.69) is 9.88 Å². The van der Waals surface area contributed by atoms with Crippen LogP contribution >= 0.6 is 0 Å². The summed E-state index contributed by atoms with van der Waals surface area (Å²) in [5, 5.41) is 11.0. The lowest BCUT2D eigenvalue weighted by molar-refractivity contribution is -0.142. The lowest BCUT2D eigenvalue weighted by atomic mass is 10.0. The molecule has 250 valence electrons. The summed E-state index contributed by atoms with van der Waals surface area (Å²) in [6.45, 7) is 1.17. The molecule has 0 atom stereocenters. The Morgan fingerprint density at radius 2 is 1.59 bits per heavy atom. The zero-order chi connectivity index (χ0) is 34.7. The predicted molar refractivity (Wildman–Crippen MR) is 173 cm³/mol. The van der Waals surface area contributed by atoms with Gasteiger partial charge >= 0.3 is 0 Å². The Labute approximate surface area is 277 Å². The SMILES string of the molecule is O=C(/C=C(/O)c1cc(Cc2cc(F)cc(F)c2F)cn(Cc2cccc(F)c2)c1=O)C(=O)N1CCN(c2ccc(-n3ccnc3)cc2)CC1. The molecule has 0 spiro atoms. The molecule has 0 aliphatic carbocycles. The number of nitrogens with zero attached hydrogens (tertiary/aromatic N) is 5. The fraction of sp³-hybridized carbons (Fsp3) is 0.167. The lowest BCUT2D eigenvalue weighted by Gasteiger charge is -2.35. The summed E-state index contributed by atoms with van der Waals surface area (Å²) in [6.07, 6.45) is 6.73. The van der Waals surface area contributed by atoms with Crippen molar-refractivity contribution in [2.24, 2.45) is 0 Å². The molecule has 1 aliphatic heterocycles. The van der Waals surface area contributed by atoms with Crippen molar-refractivity contribution in [3.05, 3.63) is 154 Å². The molecule has 1 amide bonds. The van der Waals surface area contributed by atoms with Crippen LogP contribution < -0.4 is 10.5 Å². The van der Waals surface area contributed by atoms with E-state index < -0.39 is 58.3 Å².